The summed E-state index contributed by atoms with van der Waals surface area (Å²) in [4.78, 5) is 20.1. The molecule has 1 aromatic carbocycles. The Kier molecular flexibility index (Phi) is 4.51. The molecule has 0 bridgehead atoms. The number of anilines is 1. The van der Waals surface area contributed by atoms with E-state index in [4.69, 9.17) is 4.42 Å². The fourth-order valence-electron chi connectivity index (χ4n) is 2.16. The third kappa shape index (κ3) is 3.75. The number of hydrogen-bond donors (Lipinski definition) is 2. The van der Waals surface area contributed by atoms with Crippen molar-refractivity contribution in [2.75, 3.05) is 5.32 Å². The van der Waals surface area contributed by atoms with E-state index in [1.165, 1.54) is 18.4 Å². The van der Waals surface area contributed by atoms with E-state index >= 15 is 0 Å². The largest absolute Gasteiger partial charge is 0.464 e. The SMILES string of the molecule is Cc1nccc(CNC(=O)Nc2cc(-c3ccco3)ccc2F)n1. The summed E-state index contributed by atoms with van der Waals surface area (Å²) in [5.74, 6) is 0.681. The van der Waals surface area contributed by atoms with E-state index < -0.39 is 11.8 Å². The molecule has 2 aromatic heterocycles. The van der Waals surface area contributed by atoms with Crippen molar-refractivity contribution in [3.05, 3.63) is 66.2 Å². The Hall–Kier alpha value is -3.22. The van der Waals surface area contributed by atoms with Crippen molar-refractivity contribution < 1.29 is 13.6 Å². The van der Waals surface area contributed by atoms with Gasteiger partial charge in [-0.2, -0.15) is 0 Å². The highest BCUT2D eigenvalue weighted by molar-refractivity contribution is 5.90. The van der Waals surface area contributed by atoms with E-state index in [0.717, 1.165) is 0 Å². The topological polar surface area (TPSA) is 80.0 Å². The van der Waals surface area contributed by atoms with Gasteiger partial charge >= 0.3 is 6.03 Å². The lowest BCUT2D eigenvalue weighted by Crippen LogP contribution is -2.29. The Balaban J connectivity index is 1.66. The summed E-state index contributed by atoms with van der Waals surface area (Å²) in [6.45, 7) is 1.98. The normalized spacial score (nSPS) is 10.4. The second kappa shape index (κ2) is 6.91. The van der Waals surface area contributed by atoms with Crippen molar-refractivity contribution in [2.45, 2.75) is 13.5 Å². The van der Waals surface area contributed by atoms with Gasteiger partial charge in [-0.05, 0) is 43.3 Å². The fourth-order valence-corrected chi connectivity index (χ4v) is 2.16. The predicted molar refractivity (Wildman–Crippen MR) is 86.7 cm³/mol. The van der Waals surface area contributed by atoms with Gasteiger partial charge in [0.2, 0.25) is 0 Å². The first-order valence-electron chi connectivity index (χ1n) is 7.28. The zero-order valence-corrected chi connectivity index (χ0v) is 12.9. The molecule has 0 unspecified atom stereocenters. The summed E-state index contributed by atoms with van der Waals surface area (Å²) < 4.78 is 19.2. The van der Waals surface area contributed by atoms with Crippen molar-refractivity contribution in [2.24, 2.45) is 0 Å². The number of furan rings is 1. The number of aromatic nitrogens is 2. The van der Waals surface area contributed by atoms with Crippen molar-refractivity contribution in [3.63, 3.8) is 0 Å². The van der Waals surface area contributed by atoms with Crippen molar-refractivity contribution in [3.8, 4) is 11.3 Å². The molecule has 2 N–H and O–H groups in total. The van der Waals surface area contributed by atoms with E-state index in [-0.39, 0.29) is 12.2 Å². The molecule has 0 spiro atoms. The number of rotatable bonds is 4. The van der Waals surface area contributed by atoms with Gasteiger partial charge in [0, 0.05) is 11.8 Å². The summed E-state index contributed by atoms with van der Waals surface area (Å²) in [5, 5.41) is 5.11. The van der Waals surface area contributed by atoms with Crippen LogP contribution in [0.1, 0.15) is 11.5 Å². The monoisotopic (exact) mass is 326 g/mol. The van der Waals surface area contributed by atoms with Gasteiger partial charge in [0.05, 0.1) is 24.2 Å². The molecule has 0 radical (unpaired) electrons. The lowest BCUT2D eigenvalue weighted by Gasteiger charge is -2.09. The second-order valence-corrected chi connectivity index (χ2v) is 5.07. The first-order valence-corrected chi connectivity index (χ1v) is 7.28. The number of carbonyl (C=O) groups excluding carboxylic acids is 1. The van der Waals surface area contributed by atoms with Gasteiger partial charge in [-0.15, -0.1) is 0 Å². The van der Waals surface area contributed by atoms with Gasteiger partial charge in [0.1, 0.15) is 17.4 Å². The predicted octanol–water partition coefficient (Wildman–Crippen LogP) is 3.51. The quantitative estimate of drug-likeness (QED) is 0.769. The van der Waals surface area contributed by atoms with Crippen LogP contribution >= 0.6 is 0 Å². The number of carbonyl (C=O) groups is 1. The van der Waals surface area contributed by atoms with Crippen LogP contribution in [0, 0.1) is 12.7 Å². The van der Waals surface area contributed by atoms with E-state index in [1.54, 1.807) is 37.4 Å². The molecule has 122 valence electrons. The third-order valence-electron chi connectivity index (χ3n) is 3.28. The zero-order valence-electron chi connectivity index (χ0n) is 12.9. The molecule has 0 atom stereocenters. The summed E-state index contributed by atoms with van der Waals surface area (Å²) in [6.07, 6.45) is 3.14. The molecule has 0 saturated carbocycles. The standard InChI is InChI=1S/C17H15FN4O2/c1-11-19-7-6-13(21-11)10-20-17(23)22-15-9-12(4-5-14(15)18)16-3-2-8-24-16/h2-9H,10H2,1H3,(H2,20,22,23). The molecule has 0 saturated heterocycles. The molecule has 3 rings (SSSR count). The molecule has 0 aliphatic heterocycles. The summed E-state index contributed by atoms with van der Waals surface area (Å²) >= 11 is 0. The van der Waals surface area contributed by atoms with Crippen LogP contribution in [0.15, 0.2) is 53.3 Å². The van der Waals surface area contributed by atoms with Gasteiger partial charge in [0.15, 0.2) is 0 Å². The Labute approximate surface area is 137 Å². The minimum Gasteiger partial charge on any atom is -0.464 e. The molecule has 0 fully saturated rings. The van der Waals surface area contributed by atoms with Crippen molar-refractivity contribution in [1.29, 1.82) is 0 Å². The maximum atomic E-state index is 13.9. The van der Waals surface area contributed by atoms with Crippen LogP contribution in [-0.4, -0.2) is 16.0 Å². The number of halogens is 1. The number of hydrogen-bond acceptors (Lipinski definition) is 4. The van der Waals surface area contributed by atoms with Crippen LogP contribution in [0.3, 0.4) is 0 Å². The Bertz CT molecular complexity index is 850. The lowest BCUT2D eigenvalue weighted by molar-refractivity contribution is 0.251. The fraction of sp³-hybridized carbons (Fsp3) is 0.118. The van der Waals surface area contributed by atoms with E-state index in [2.05, 4.69) is 20.6 Å². The van der Waals surface area contributed by atoms with Crippen LogP contribution in [0.2, 0.25) is 0 Å². The number of nitrogens with one attached hydrogen (secondary N) is 2. The lowest BCUT2D eigenvalue weighted by atomic mass is 10.1. The number of urea groups is 1. The Morgan fingerprint density at radius 2 is 2.17 bits per heavy atom. The van der Waals surface area contributed by atoms with Crippen LogP contribution in [0.25, 0.3) is 11.3 Å². The van der Waals surface area contributed by atoms with E-state index in [0.29, 0.717) is 22.8 Å². The molecule has 24 heavy (non-hydrogen) atoms. The molecule has 0 aliphatic carbocycles. The number of amides is 2. The average molecular weight is 326 g/mol. The zero-order chi connectivity index (χ0) is 16.9. The highest BCUT2D eigenvalue weighted by atomic mass is 19.1. The number of aryl methyl sites for hydroxylation is 1. The molecule has 2 heterocycles. The number of benzene rings is 1. The van der Waals surface area contributed by atoms with Gasteiger partial charge in [0.25, 0.3) is 0 Å². The first kappa shape index (κ1) is 15.7. The van der Waals surface area contributed by atoms with Gasteiger partial charge in [-0.1, -0.05) is 0 Å². The maximum absolute atomic E-state index is 13.9. The van der Waals surface area contributed by atoms with Crippen LogP contribution in [0.5, 0.6) is 0 Å². The van der Waals surface area contributed by atoms with Crippen LogP contribution in [-0.2, 0) is 6.54 Å². The molecular formula is C17H15FN4O2. The minimum absolute atomic E-state index is 0.0697. The van der Waals surface area contributed by atoms with Gasteiger partial charge in [-0.25, -0.2) is 19.2 Å². The molecule has 7 heteroatoms. The van der Waals surface area contributed by atoms with E-state index in [1.807, 2.05) is 0 Å². The highest BCUT2D eigenvalue weighted by Crippen LogP contribution is 2.25. The average Bonchev–Trinajstić information content (AvgIpc) is 3.10. The second-order valence-electron chi connectivity index (χ2n) is 5.07. The smallest absolute Gasteiger partial charge is 0.319 e. The van der Waals surface area contributed by atoms with E-state index in [9.17, 15) is 9.18 Å². The summed E-state index contributed by atoms with van der Waals surface area (Å²) in [6, 6.07) is 9.05. The highest BCUT2D eigenvalue weighted by Gasteiger charge is 2.10. The summed E-state index contributed by atoms with van der Waals surface area (Å²) in [7, 11) is 0. The molecule has 3 aromatic rings. The first-order chi connectivity index (χ1) is 11.6. The molecule has 2 amide bonds. The van der Waals surface area contributed by atoms with Crippen LogP contribution < -0.4 is 10.6 Å². The Morgan fingerprint density at radius 1 is 1.29 bits per heavy atom. The Morgan fingerprint density at radius 3 is 2.92 bits per heavy atom. The molecule has 0 aliphatic rings. The molecular weight excluding hydrogens is 311 g/mol. The minimum atomic E-state index is -0.529. The maximum Gasteiger partial charge on any atom is 0.319 e. The number of nitrogens with zero attached hydrogens (tertiary/aromatic N) is 2. The summed E-state index contributed by atoms with van der Waals surface area (Å²) in [5.41, 5.74) is 1.41. The van der Waals surface area contributed by atoms with Crippen LogP contribution in [0.4, 0.5) is 14.9 Å². The van der Waals surface area contributed by atoms with Gasteiger partial charge in [-0.3, -0.25) is 0 Å². The van der Waals surface area contributed by atoms with Crippen molar-refractivity contribution in [1.82, 2.24) is 15.3 Å². The van der Waals surface area contributed by atoms with Crippen molar-refractivity contribution >= 4 is 11.7 Å². The molecule has 6 nitrogen and oxygen atoms in total. The van der Waals surface area contributed by atoms with Gasteiger partial charge < -0.3 is 15.1 Å². The third-order valence-corrected chi connectivity index (χ3v) is 3.28.